The van der Waals surface area contributed by atoms with Crippen molar-refractivity contribution in [3.05, 3.63) is 131 Å². The number of halogens is 1. The topological polar surface area (TPSA) is 86.8 Å². The number of carbonyl (C=O) groups is 2. The monoisotopic (exact) mass is 631 g/mol. The van der Waals surface area contributed by atoms with E-state index in [0.717, 1.165) is 33.8 Å². The summed E-state index contributed by atoms with van der Waals surface area (Å²) in [6, 6.07) is 30.9. The predicted molar refractivity (Wildman–Crippen MR) is 176 cm³/mol. The normalized spacial score (nSPS) is 11.9. The summed E-state index contributed by atoms with van der Waals surface area (Å²) < 4.78 is 29.3. The molecule has 0 saturated carbocycles. The SMILES string of the molecule is CCCCNC(=O)[C@H](Cc1ccccc1)N(Cc1ccccc1)C(=O)CN(c1cccc(C)c1)S(=O)(=O)c1ccc(Cl)cc1. The molecule has 0 saturated heterocycles. The number of unbranched alkanes of at least 4 members (excludes halogenated alkanes) is 1. The molecule has 4 aromatic carbocycles. The van der Waals surface area contributed by atoms with Crippen molar-refractivity contribution in [2.24, 2.45) is 0 Å². The van der Waals surface area contributed by atoms with Crippen molar-refractivity contribution < 1.29 is 18.0 Å². The molecule has 0 unspecified atom stereocenters. The van der Waals surface area contributed by atoms with Gasteiger partial charge in [-0.1, -0.05) is 97.7 Å². The summed E-state index contributed by atoms with van der Waals surface area (Å²) in [6.07, 6.45) is 1.98. The second-order valence-corrected chi connectivity index (χ2v) is 13.0. The number of sulfonamides is 1. The Labute approximate surface area is 265 Å². The molecule has 230 valence electrons. The number of hydrogen-bond donors (Lipinski definition) is 1. The van der Waals surface area contributed by atoms with Crippen LogP contribution in [0, 0.1) is 6.92 Å². The molecule has 0 aliphatic heterocycles. The third-order valence-electron chi connectivity index (χ3n) is 7.27. The number of rotatable bonds is 14. The highest BCUT2D eigenvalue weighted by Gasteiger charge is 2.34. The van der Waals surface area contributed by atoms with Crippen molar-refractivity contribution in [2.45, 2.75) is 50.6 Å². The Hall–Kier alpha value is -4.14. The van der Waals surface area contributed by atoms with Gasteiger partial charge >= 0.3 is 0 Å². The molecule has 0 radical (unpaired) electrons. The van der Waals surface area contributed by atoms with Crippen molar-refractivity contribution >= 4 is 39.1 Å². The lowest BCUT2D eigenvalue weighted by molar-refractivity contribution is -0.140. The number of benzene rings is 4. The van der Waals surface area contributed by atoms with Gasteiger partial charge in [0.05, 0.1) is 10.6 Å². The Bertz CT molecular complexity index is 1630. The average molecular weight is 632 g/mol. The minimum atomic E-state index is -4.18. The molecule has 0 heterocycles. The quantitative estimate of drug-likeness (QED) is 0.163. The van der Waals surface area contributed by atoms with E-state index in [1.165, 1.54) is 29.2 Å². The molecular weight excluding hydrogens is 594 g/mol. The lowest BCUT2D eigenvalue weighted by atomic mass is 10.0. The van der Waals surface area contributed by atoms with Gasteiger partial charge in [0, 0.05) is 24.5 Å². The van der Waals surface area contributed by atoms with E-state index in [4.69, 9.17) is 11.6 Å². The molecule has 9 heteroatoms. The van der Waals surface area contributed by atoms with Crippen molar-refractivity contribution in [1.29, 1.82) is 0 Å². The number of nitrogens with one attached hydrogen (secondary N) is 1. The second-order valence-electron chi connectivity index (χ2n) is 10.7. The van der Waals surface area contributed by atoms with Gasteiger partial charge in [0.25, 0.3) is 10.0 Å². The van der Waals surface area contributed by atoms with Gasteiger partial charge in [-0.3, -0.25) is 13.9 Å². The van der Waals surface area contributed by atoms with Crippen LogP contribution in [0.2, 0.25) is 5.02 Å². The molecule has 0 aliphatic carbocycles. The number of amides is 2. The van der Waals surface area contributed by atoms with Crippen molar-refractivity contribution in [3.63, 3.8) is 0 Å². The minimum absolute atomic E-state index is 0.00367. The molecule has 7 nitrogen and oxygen atoms in total. The third kappa shape index (κ3) is 8.71. The zero-order valence-corrected chi connectivity index (χ0v) is 26.6. The van der Waals surface area contributed by atoms with Crippen LogP contribution < -0.4 is 9.62 Å². The fraction of sp³-hybridized carbons (Fsp3) is 0.257. The molecule has 44 heavy (non-hydrogen) atoms. The van der Waals surface area contributed by atoms with E-state index in [2.05, 4.69) is 5.32 Å². The summed E-state index contributed by atoms with van der Waals surface area (Å²) >= 11 is 6.05. The average Bonchev–Trinajstić information content (AvgIpc) is 3.02. The Morgan fingerprint density at radius 3 is 2.09 bits per heavy atom. The van der Waals surface area contributed by atoms with Gasteiger partial charge in [-0.05, 0) is 66.4 Å². The van der Waals surface area contributed by atoms with Gasteiger partial charge < -0.3 is 10.2 Å². The summed E-state index contributed by atoms with van der Waals surface area (Å²) in [7, 11) is -4.18. The predicted octanol–water partition coefficient (Wildman–Crippen LogP) is 6.40. The van der Waals surface area contributed by atoms with Crippen molar-refractivity contribution in [1.82, 2.24) is 10.2 Å². The molecule has 0 fully saturated rings. The highest BCUT2D eigenvalue weighted by atomic mass is 35.5. The van der Waals surface area contributed by atoms with Crippen LogP contribution in [-0.4, -0.2) is 44.3 Å². The fourth-order valence-corrected chi connectivity index (χ4v) is 6.42. The smallest absolute Gasteiger partial charge is 0.264 e. The minimum Gasteiger partial charge on any atom is -0.354 e. The summed E-state index contributed by atoms with van der Waals surface area (Å²) in [4.78, 5) is 29.7. The summed E-state index contributed by atoms with van der Waals surface area (Å²) in [5, 5.41) is 3.40. The largest absolute Gasteiger partial charge is 0.354 e. The lowest BCUT2D eigenvalue weighted by Gasteiger charge is -2.34. The van der Waals surface area contributed by atoms with Crippen LogP contribution in [0.1, 0.15) is 36.5 Å². The van der Waals surface area contributed by atoms with E-state index >= 15 is 0 Å². The van der Waals surface area contributed by atoms with E-state index in [9.17, 15) is 18.0 Å². The van der Waals surface area contributed by atoms with Gasteiger partial charge in [-0.2, -0.15) is 0 Å². The first kappa shape index (κ1) is 32.8. The second kappa shape index (κ2) is 15.5. The van der Waals surface area contributed by atoms with E-state index in [0.29, 0.717) is 17.3 Å². The molecule has 1 N–H and O–H groups in total. The van der Waals surface area contributed by atoms with Crippen LogP contribution in [-0.2, 0) is 32.6 Å². The Morgan fingerprint density at radius 2 is 1.48 bits per heavy atom. The van der Waals surface area contributed by atoms with Gasteiger partial charge in [0.15, 0.2) is 0 Å². The summed E-state index contributed by atoms with van der Waals surface area (Å²) in [6.45, 7) is 4.00. The van der Waals surface area contributed by atoms with Crippen molar-refractivity contribution in [2.75, 3.05) is 17.4 Å². The Kier molecular flexibility index (Phi) is 11.6. The van der Waals surface area contributed by atoms with Crippen LogP contribution in [0.15, 0.2) is 114 Å². The number of nitrogens with zero attached hydrogens (tertiary/aromatic N) is 2. The number of hydrogen-bond acceptors (Lipinski definition) is 4. The molecule has 1 atom stereocenters. The zero-order chi connectivity index (χ0) is 31.5. The first-order valence-electron chi connectivity index (χ1n) is 14.7. The third-order valence-corrected chi connectivity index (χ3v) is 9.31. The Morgan fingerprint density at radius 1 is 0.841 bits per heavy atom. The van der Waals surface area contributed by atoms with E-state index in [1.807, 2.05) is 80.6 Å². The molecular formula is C35H38ClN3O4S. The maximum Gasteiger partial charge on any atom is 0.264 e. The highest BCUT2D eigenvalue weighted by Crippen LogP contribution is 2.26. The molecule has 0 bridgehead atoms. The van der Waals surface area contributed by atoms with E-state index in [-0.39, 0.29) is 23.8 Å². The van der Waals surface area contributed by atoms with Gasteiger partial charge in [0.2, 0.25) is 11.8 Å². The Balaban J connectivity index is 1.77. The zero-order valence-electron chi connectivity index (χ0n) is 25.0. The molecule has 0 aliphatic rings. The molecule has 4 rings (SSSR count). The maximum atomic E-state index is 14.4. The molecule has 4 aromatic rings. The number of carbonyl (C=O) groups excluding carboxylic acids is 2. The van der Waals surface area contributed by atoms with Crippen LogP contribution >= 0.6 is 11.6 Å². The van der Waals surface area contributed by atoms with Crippen molar-refractivity contribution in [3.8, 4) is 0 Å². The first-order valence-corrected chi connectivity index (χ1v) is 16.5. The maximum absolute atomic E-state index is 14.4. The van der Waals surface area contributed by atoms with Gasteiger partial charge in [-0.25, -0.2) is 8.42 Å². The van der Waals surface area contributed by atoms with E-state index in [1.54, 1.807) is 18.2 Å². The van der Waals surface area contributed by atoms with Gasteiger partial charge in [-0.15, -0.1) is 0 Å². The van der Waals surface area contributed by atoms with Crippen LogP contribution in [0.4, 0.5) is 5.69 Å². The van der Waals surface area contributed by atoms with Gasteiger partial charge in [0.1, 0.15) is 12.6 Å². The standard InChI is InChI=1S/C35H38ClN3O4S/c1-3-4-22-37-35(41)33(24-28-13-7-5-8-14-28)38(25-29-15-9-6-10-16-29)34(40)26-39(31-17-11-12-27(2)23-31)44(42,43)32-20-18-30(36)19-21-32/h5-21,23,33H,3-4,22,24-26H2,1-2H3,(H,37,41)/t33-/m0/s1. The van der Waals surface area contributed by atoms with Crippen LogP contribution in [0.3, 0.4) is 0 Å². The molecule has 0 spiro atoms. The highest BCUT2D eigenvalue weighted by molar-refractivity contribution is 7.92. The number of aryl methyl sites for hydroxylation is 1. The lowest BCUT2D eigenvalue weighted by Crippen LogP contribution is -2.53. The van der Waals surface area contributed by atoms with Crippen LogP contribution in [0.5, 0.6) is 0 Å². The van der Waals surface area contributed by atoms with E-state index < -0.39 is 28.5 Å². The first-order chi connectivity index (χ1) is 21.2. The molecule has 2 amide bonds. The number of anilines is 1. The molecule has 0 aromatic heterocycles. The summed E-state index contributed by atoms with van der Waals surface area (Å²) in [5.41, 5.74) is 2.89. The summed E-state index contributed by atoms with van der Waals surface area (Å²) in [5.74, 6) is -0.784. The fourth-order valence-electron chi connectivity index (χ4n) is 4.89. The van der Waals surface area contributed by atoms with Crippen LogP contribution in [0.25, 0.3) is 0 Å².